The average Bonchev–Trinajstić information content (AvgIpc) is 3.67. The summed E-state index contributed by atoms with van der Waals surface area (Å²) in [5, 5.41) is 3.98. The summed E-state index contributed by atoms with van der Waals surface area (Å²) in [6, 6.07) is 25.4. The maximum absolute atomic E-state index is 9.32. The Hall–Kier alpha value is -6.38. The van der Waals surface area contributed by atoms with Crippen molar-refractivity contribution in [2.75, 3.05) is 4.90 Å². The molecule has 2 heteroatoms. The lowest BCUT2D eigenvalue weighted by molar-refractivity contribution is 0.673. The topological polar surface area (TPSA) is 16.4 Å². The predicted molar refractivity (Wildman–Crippen MR) is 202 cm³/mol. The molecule has 0 fully saturated rings. The van der Waals surface area contributed by atoms with Gasteiger partial charge in [-0.15, -0.1) is 0 Å². The van der Waals surface area contributed by atoms with Crippen LogP contribution in [0, 0.1) is 0 Å². The van der Waals surface area contributed by atoms with Crippen LogP contribution in [0.15, 0.2) is 192 Å². The molecule has 0 N–H and O–H groups in total. The fourth-order valence-electron chi connectivity index (χ4n) is 6.05. The maximum atomic E-state index is 9.32. The van der Waals surface area contributed by atoms with Gasteiger partial charge in [0, 0.05) is 33.2 Å². The van der Waals surface area contributed by atoms with Crippen LogP contribution in [0.1, 0.15) is 17.8 Å². The highest BCUT2D eigenvalue weighted by Gasteiger charge is 2.16. The van der Waals surface area contributed by atoms with Crippen molar-refractivity contribution >= 4 is 49.8 Å². The first-order valence-electron chi connectivity index (χ1n) is 21.8. The van der Waals surface area contributed by atoms with Gasteiger partial charge in [-0.05, 0) is 87.2 Å². The highest BCUT2D eigenvalue weighted by atomic mass is 16.3. The van der Waals surface area contributed by atoms with Crippen molar-refractivity contribution in [1.82, 2.24) is 0 Å². The molecule has 0 aliphatic rings. The zero-order valence-corrected chi connectivity index (χ0v) is 25.2. The number of furan rings is 1. The number of fused-ring (bicyclic) bond motifs is 5. The lowest BCUT2D eigenvalue weighted by Crippen LogP contribution is -2.09. The van der Waals surface area contributed by atoms with Crippen molar-refractivity contribution in [3.8, 4) is 33.4 Å². The van der Waals surface area contributed by atoms with Crippen LogP contribution >= 0.6 is 0 Å². The molecule has 0 bridgehead atoms. The molecular formula is C46H31NO. The number of nitrogens with zero attached hydrogens (tertiary/aromatic N) is 1. The van der Waals surface area contributed by atoms with E-state index in [2.05, 4.69) is 12.1 Å². The van der Waals surface area contributed by atoms with Gasteiger partial charge in [-0.2, -0.15) is 0 Å². The molecule has 0 saturated heterocycles. The minimum absolute atomic E-state index is 0.126. The number of hydrogen-bond acceptors (Lipinski definition) is 2. The van der Waals surface area contributed by atoms with E-state index in [1.165, 1.54) is 0 Å². The largest absolute Gasteiger partial charge is 0.455 e. The molecule has 0 radical (unpaired) electrons. The van der Waals surface area contributed by atoms with E-state index < -0.39 is 101 Å². The Morgan fingerprint density at radius 2 is 1.04 bits per heavy atom. The summed E-state index contributed by atoms with van der Waals surface area (Å²) in [6.07, 6.45) is 0. The standard InChI is InChI=1S/C46H31NO/c1-3-10-32(11-4-1)33-18-20-34(21-19-33)35-22-27-39(28-23-35)47(38-13-5-2-6-14-38)40-29-24-37(25-30-40)41-16-9-17-44-45(41)43-31-26-36-12-7-8-15-42(36)46(43)48-44/h1-31H/i1D,3D,4D,10D,11D,18D,19D,20D,21D,22D,23D,27D,28D. The lowest BCUT2D eigenvalue weighted by atomic mass is 9.98. The zero-order chi connectivity index (χ0) is 43.2. The van der Waals surface area contributed by atoms with Crippen LogP contribution in [-0.2, 0) is 0 Å². The van der Waals surface area contributed by atoms with Gasteiger partial charge in [0.15, 0.2) is 0 Å². The molecule has 1 heterocycles. The minimum atomic E-state index is -0.770. The fraction of sp³-hybridized carbons (Fsp3) is 0. The first-order chi connectivity index (χ1) is 29.2. The number of anilines is 3. The van der Waals surface area contributed by atoms with E-state index in [0.717, 1.165) is 43.8 Å². The third kappa shape index (κ3) is 4.92. The van der Waals surface area contributed by atoms with Crippen LogP contribution < -0.4 is 4.90 Å². The molecule has 1 aromatic heterocycles. The van der Waals surface area contributed by atoms with Crippen LogP contribution in [0.3, 0.4) is 0 Å². The SMILES string of the molecule is [2H]c1c([2H])c([2H])c(-c2c([2H])c([2H])c(-c3c([2H])c([2H])c(N(c4ccccc4)c4ccc(-c5cccc6oc7c8ccccc8ccc7c56)cc4)c([2H])c3[2H])c([2H])c2[2H])c([2H])c1[2H]. The Bertz CT molecular complexity index is 3210. The summed E-state index contributed by atoms with van der Waals surface area (Å²) in [6.45, 7) is 0. The molecule has 8 aromatic carbocycles. The van der Waals surface area contributed by atoms with E-state index in [9.17, 15) is 5.48 Å². The van der Waals surface area contributed by atoms with Crippen molar-refractivity contribution < 1.29 is 22.2 Å². The summed E-state index contributed by atoms with van der Waals surface area (Å²) in [4.78, 5) is 1.59. The van der Waals surface area contributed by atoms with Crippen LogP contribution in [0.5, 0.6) is 0 Å². The van der Waals surface area contributed by atoms with Gasteiger partial charge < -0.3 is 9.32 Å². The second-order valence-electron chi connectivity index (χ2n) is 11.1. The van der Waals surface area contributed by atoms with E-state index in [1.54, 1.807) is 35.2 Å². The van der Waals surface area contributed by atoms with E-state index >= 15 is 0 Å². The van der Waals surface area contributed by atoms with Crippen LogP contribution in [0.2, 0.25) is 0 Å². The predicted octanol–water partition coefficient (Wildman–Crippen LogP) is 13.2. The highest BCUT2D eigenvalue weighted by Crippen LogP contribution is 2.41. The number of rotatable bonds is 6. The monoisotopic (exact) mass is 626 g/mol. The molecule has 0 unspecified atom stereocenters. The quantitative estimate of drug-likeness (QED) is 0.183. The fourth-order valence-corrected chi connectivity index (χ4v) is 6.05. The van der Waals surface area contributed by atoms with Crippen molar-refractivity contribution in [2.45, 2.75) is 0 Å². The second-order valence-corrected chi connectivity index (χ2v) is 11.1. The molecule has 2 nitrogen and oxygen atoms in total. The van der Waals surface area contributed by atoms with Gasteiger partial charge in [0.1, 0.15) is 11.2 Å². The highest BCUT2D eigenvalue weighted by molar-refractivity contribution is 6.19. The van der Waals surface area contributed by atoms with Gasteiger partial charge in [-0.3, -0.25) is 0 Å². The Morgan fingerprint density at radius 3 is 1.77 bits per heavy atom. The molecular weight excluding hydrogens is 583 g/mol. The second kappa shape index (κ2) is 11.8. The van der Waals surface area contributed by atoms with Crippen molar-refractivity contribution in [3.05, 3.63) is 188 Å². The maximum Gasteiger partial charge on any atom is 0.143 e. The number of para-hydroxylation sites is 1. The molecule has 226 valence electrons. The van der Waals surface area contributed by atoms with Gasteiger partial charge in [-0.25, -0.2) is 0 Å². The molecule has 0 spiro atoms. The molecule has 9 rings (SSSR count). The molecule has 0 saturated carbocycles. The van der Waals surface area contributed by atoms with Crippen molar-refractivity contribution in [1.29, 1.82) is 0 Å². The van der Waals surface area contributed by atoms with Gasteiger partial charge in [-0.1, -0.05) is 139 Å². The Kier molecular flexibility index (Phi) is 4.29. The number of hydrogen-bond donors (Lipinski definition) is 0. The summed E-state index contributed by atoms with van der Waals surface area (Å²) in [5.41, 5.74) is 2.11. The average molecular weight is 627 g/mol. The minimum Gasteiger partial charge on any atom is -0.455 e. The van der Waals surface area contributed by atoms with E-state index in [0.29, 0.717) is 11.4 Å². The summed E-state index contributed by atoms with van der Waals surface area (Å²) >= 11 is 0. The molecule has 0 aliphatic carbocycles. The first-order valence-corrected chi connectivity index (χ1v) is 15.3. The molecule has 9 aromatic rings. The van der Waals surface area contributed by atoms with Crippen LogP contribution in [-0.4, -0.2) is 0 Å². The Labute approximate surface area is 298 Å². The van der Waals surface area contributed by atoms with Crippen molar-refractivity contribution in [2.24, 2.45) is 0 Å². The first kappa shape index (κ1) is 17.5. The van der Waals surface area contributed by atoms with Gasteiger partial charge in [0.2, 0.25) is 0 Å². The summed E-state index contributed by atoms with van der Waals surface area (Å²) in [7, 11) is 0. The van der Waals surface area contributed by atoms with Crippen LogP contribution in [0.25, 0.3) is 66.1 Å². The van der Waals surface area contributed by atoms with E-state index in [1.807, 2.05) is 66.7 Å². The van der Waals surface area contributed by atoms with Gasteiger partial charge in [0.05, 0.1) is 17.8 Å². The molecule has 0 amide bonds. The smallest absolute Gasteiger partial charge is 0.143 e. The summed E-state index contributed by atoms with van der Waals surface area (Å²) in [5.74, 6) is 0. The Balaban J connectivity index is 1.19. The van der Waals surface area contributed by atoms with Gasteiger partial charge in [0.25, 0.3) is 0 Å². The van der Waals surface area contributed by atoms with Crippen molar-refractivity contribution in [3.63, 3.8) is 0 Å². The number of benzene rings is 8. The van der Waals surface area contributed by atoms with E-state index in [4.69, 9.17) is 16.8 Å². The normalized spacial score (nSPS) is 15.1. The Morgan fingerprint density at radius 1 is 0.417 bits per heavy atom. The molecule has 0 aliphatic heterocycles. The third-order valence-electron chi connectivity index (χ3n) is 8.30. The van der Waals surface area contributed by atoms with Crippen LogP contribution in [0.4, 0.5) is 17.1 Å². The lowest BCUT2D eigenvalue weighted by Gasteiger charge is -2.26. The molecule has 48 heavy (non-hydrogen) atoms. The van der Waals surface area contributed by atoms with E-state index in [-0.39, 0.29) is 5.69 Å². The van der Waals surface area contributed by atoms with Gasteiger partial charge >= 0.3 is 0 Å². The summed E-state index contributed by atoms with van der Waals surface area (Å²) < 4.78 is 120. The third-order valence-corrected chi connectivity index (χ3v) is 8.30. The molecule has 0 atom stereocenters. The zero-order valence-electron chi connectivity index (χ0n) is 38.2.